The highest BCUT2D eigenvalue weighted by molar-refractivity contribution is 9.10. The molecule has 21 heavy (non-hydrogen) atoms. The molecule has 0 aliphatic rings. The van der Waals surface area contributed by atoms with Crippen LogP contribution >= 0.6 is 15.9 Å². The van der Waals surface area contributed by atoms with Crippen molar-refractivity contribution in [1.29, 1.82) is 0 Å². The number of hydrogen-bond donors (Lipinski definition) is 2. The molecule has 1 heterocycles. The highest BCUT2D eigenvalue weighted by atomic mass is 79.9. The van der Waals surface area contributed by atoms with Gasteiger partial charge in [-0.3, -0.25) is 4.79 Å². The van der Waals surface area contributed by atoms with Gasteiger partial charge in [-0.15, -0.1) is 0 Å². The minimum atomic E-state index is -0.529. The highest BCUT2D eigenvalue weighted by Gasteiger charge is 2.19. The molecule has 2 aromatic carbocycles. The van der Waals surface area contributed by atoms with Crippen molar-refractivity contribution in [2.75, 3.05) is 5.73 Å². The highest BCUT2D eigenvalue weighted by Crippen LogP contribution is 2.27. The molecule has 3 aromatic rings. The van der Waals surface area contributed by atoms with Crippen molar-refractivity contribution in [2.24, 2.45) is 0 Å². The van der Waals surface area contributed by atoms with Crippen LogP contribution in [0.4, 0.5) is 10.1 Å². The van der Waals surface area contributed by atoms with Gasteiger partial charge < -0.3 is 10.7 Å². The van der Waals surface area contributed by atoms with Gasteiger partial charge in [0.15, 0.2) is 5.78 Å². The minimum absolute atomic E-state index is 0.00613. The van der Waals surface area contributed by atoms with Crippen LogP contribution < -0.4 is 5.73 Å². The maximum atomic E-state index is 14.2. The molecule has 106 valence electrons. The number of nitrogen functional groups attached to an aromatic ring is 1. The molecule has 1 aromatic heterocycles. The number of ketones is 1. The van der Waals surface area contributed by atoms with Crippen LogP contribution in [0.1, 0.15) is 21.5 Å². The third kappa shape index (κ3) is 2.34. The van der Waals surface area contributed by atoms with E-state index in [1.54, 1.807) is 13.1 Å². The Kier molecular flexibility index (Phi) is 3.29. The van der Waals surface area contributed by atoms with Gasteiger partial charge in [-0.05, 0) is 42.8 Å². The van der Waals surface area contributed by atoms with E-state index < -0.39 is 5.82 Å². The molecule has 0 amide bonds. The third-order valence-corrected chi connectivity index (χ3v) is 3.90. The van der Waals surface area contributed by atoms with Gasteiger partial charge in [0.25, 0.3) is 0 Å². The van der Waals surface area contributed by atoms with E-state index in [0.717, 1.165) is 15.4 Å². The first-order valence-corrected chi connectivity index (χ1v) is 7.13. The normalized spacial score (nSPS) is 11.0. The van der Waals surface area contributed by atoms with Crippen molar-refractivity contribution in [1.82, 2.24) is 4.98 Å². The van der Waals surface area contributed by atoms with E-state index in [9.17, 15) is 9.18 Å². The van der Waals surface area contributed by atoms with E-state index in [4.69, 9.17) is 5.73 Å². The maximum Gasteiger partial charge on any atom is 0.198 e. The topological polar surface area (TPSA) is 58.9 Å². The van der Waals surface area contributed by atoms with Crippen LogP contribution in [0.2, 0.25) is 0 Å². The Labute approximate surface area is 129 Å². The predicted octanol–water partition coefficient (Wildman–Crippen LogP) is 4.19. The van der Waals surface area contributed by atoms with Gasteiger partial charge in [0.2, 0.25) is 0 Å². The zero-order valence-corrected chi connectivity index (χ0v) is 12.8. The molecule has 0 aliphatic carbocycles. The molecule has 0 aliphatic heterocycles. The fourth-order valence-electron chi connectivity index (χ4n) is 2.39. The number of aryl methyl sites for hydroxylation is 1. The summed E-state index contributed by atoms with van der Waals surface area (Å²) in [6.07, 6.45) is 1.59. The Morgan fingerprint density at radius 2 is 2.00 bits per heavy atom. The van der Waals surface area contributed by atoms with Gasteiger partial charge in [0, 0.05) is 32.8 Å². The standard InChI is InChI=1S/C16H12BrFN2O/c1-8-4-10(19)6-12(15(8)18)16(21)13-7-20-14-3-2-9(17)5-11(13)14/h2-7,20H,19H2,1H3. The number of anilines is 1. The van der Waals surface area contributed by atoms with Gasteiger partial charge in [-0.1, -0.05) is 15.9 Å². The minimum Gasteiger partial charge on any atom is -0.399 e. The van der Waals surface area contributed by atoms with Gasteiger partial charge >= 0.3 is 0 Å². The molecule has 0 fully saturated rings. The Balaban J connectivity index is 2.19. The lowest BCUT2D eigenvalue weighted by Gasteiger charge is -2.06. The lowest BCUT2D eigenvalue weighted by Crippen LogP contribution is -2.06. The number of carbonyl (C=O) groups is 1. The number of aromatic nitrogens is 1. The molecule has 0 spiro atoms. The quantitative estimate of drug-likeness (QED) is 0.539. The number of nitrogens with one attached hydrogen (secondary N) is 1. The number of benzene rings is 2. The molecule has 5 heteroatoms. The monoisotopic (exact) mass is 346 g/mol. The van der Waals surface area contributed by atoms with Crippen molar-refractivity contribution >= 4 is 38.3 Å². The van der Waals surface area contributed by atoms with Crippen LogP contribution in [-0.2, 0) is 0 Å². The smallest absolute Gasteiger partial charge is 0.198 e. The fraction of sp³-hybridized carbons (Fsp3) is 0.0625. The summed E-state index contributed by atoms with van der Waals surface area (Å²) in [5, 5.41) is 0.744. The SMILES string of the molecule is Cc1cc(N)cc(C(=O)c2c[nH]c3ccc(Br)cc23)c1F. The molecule has 0 unspecified atom stereocenters. The molecular weight excluding hydrogens is 335 g/mol. The second-order valence-corrected chi connectivity index (χ2v) is 5.84. The Morgan fingerprint density at radius 3 is 2.76 bits per heavy atom. The number of carbonyl (C=O) groups excluding carboxylic acids is 1. The number of H-pyrrole nitrogens is 1. The van der Waals surface area contributed by atoms with E-state index >= 15 is 0 Å². The van der Waals surface area contributed by atoms with Crippen molar-refractivity contribution in [2.45, 2.75) is 6.92 Å². The number of halogens is 2. The van der Waals surface area contributed by atoms with E-state index in [1.807, 2.05) is 18.2 Å². The molecule has 3 rings (SSSR count). The predicted molar refractivity (Wildman–Crippen MR) is 85.0 cm³/mol. The van der Waals surface area contributed by atoms with Crippen LogP contribution in [0.25, 0.3) is 10.9 Å². The second kappa shape index (κ2) is 5.00. The first kappa shape index (κ1) is 13.8. The molecule has 3 nitrogen and oxygen atoms in total. The number of nitrogens with two attached hydrogens (primary N) is 1. The summed E-state index contributed by atoms with van der Waals surface area (Å²) in [6.45, 7) is 1.59. The number of hydrogen-bond acceptors (Lipinski definition) is 2. The van der Waals surface area contributed by atoms with Crippen molar-refractivity contribution < 1.29 is 9.18 Å². The van der Waals surface area contributed by atoms with Crippen LogP contribution in [0.15, 0.2) is 41.0 Å². The van der Waals surface area contributed by atoms with Gasteiger partial charge in [0.1, 0.15) is 5.82 Å². The first-order valence-electron chi connectivity index (χ1n) is 6.34. The van der Waals surface area contributed by atoms with E-state index in [2.05, 4.69) is 20.9 Å². The molecule has 0 saturated heterocycles. The first-order chi connectivity index (χ1) is 9.97. The molecule has 0 atom stereocenters. The van der Waals surface area contributed by atoms with Crippen molar-refractivity contribution in [3.05, 3.63) is 63.5 Å². The van der Waals surface area contributed by atoms with E-state index in [0.29, 0.717) is 16.8 Å². The third-order valence-electron chi connectivity index (χ3n) is 3.41. The Hall–Kier alpha value is -2.14. The largest absolute Gasteiger partial charge is 0.399 e. The summed E-state index contributed by atoms with van der Waals surface area (Å²) < 4.78 is 15.1. The summed E-state index contributed by atoms with van der Waals surface area (Å²) in [6, 6.07) is 8.45. The van der Waals surface area contributed by atoms with E-state index in [1.165, 1.54) is 12.1 Å². The summed E-state index contributed by atoms with van der Waals surface area (Å²) in [4.78, 5) is 15.6. The van der Waals surface area contributed by atoms with Crippen LogP contribution in [0, 0.1) is 12.7 Å². The molecule has 0 bridgehead atoms. The van der Waals surface area contributed by atoms with Crippen LogP contribution in [-0.4, -0.2) is 10.8 Å². The molecular formula is C16H12BrFN2O. The van der Waals surface area contributed by atoms with Gasteiger partial charge in [-0.25, -0.2) is 4.39 Å². The average molecular weight is 347 g/mol. The summed E-state index contributed by atoms with van der Waals surface area (Å²) in [7, 11) is 0. The van der Waals surface area contributed by atoms with Gasteiger partial charge in [0.05, 0.1) is 5.56 Å². The lowest BCUT2D eigenvalue weighted by atomic mass is 9.99. The summed E-state index contributed by atoms with van der Waals surface area (Å²) in [5.41, 5.74) is 7.70. The average Bonchev–Trinajstić information content (AvgIpc) is 2.85. The number of rotatable bonds is 2. The van der Waals surface area contributed by atoms with Gasteiger partial charge in [-0.2, -0.15) is 0 Å². The molecule has 0 saturated carbocycles. The van der Waals surface area contributed by atoms with Crippen molar-refractivity contribution in [3.63, 3.8) is 0 Å². The van der Waals surface area contributed by atoms with Crippen LogP contribution in [0.5, 0.6) is 0 Å². The summed E-state index contributed by atoms with van der Waals surface area (Å²) in [5.74, 6) is -0.911. The zero-order chi connectivity index (χ0) is 15.1. The maximum absolute atomic E-state index is 14.2. The van der Waals surface area contributed by atoms with E-state index in [-0.39, 0.29) is 11.3 Å². The number of aromatic amines is 1. The molecule has 3 N–H and O–H groups in total. The van der Waals surface area contributed by atoms with Crippen molar-refractivity contribution in [3.8, 4) is 0 Å². The Bertz CT molecular complexity index is 870. The lowest BCUT2D eigenvalue weighted by molar-refractivity contribution is 0.103. The second-order valence-electron chi connectivity index (χ2n) is 4.92. The fourth-order valence-corrected chi connectivity index (χ4v) is 2.75. The summed E-state index contributed by atoms with van der Waals surface area (Å²) >= 11 is 3.38. The molecule has 0 radical (unpaired) electrons. The number of fused-ring (bicyclic) bond motifs is 1. The van der Waals surface area contributed by atoms with Crippen LogP contribution in [0.3, 0.4) is 0 Å². The zero-order valence-electron chi connectivity index (χ0n) is 11.2. The Morgan fingerprint density at radius 1 is 1.24 bits per heavy atom.